The molecule has 1 aliphatic heterocycles. The van der Waals surface area contributed by atoms with Crippen molar-refractivity contribution in [3.63, 3.8) is 0 Å². The van der Waals surface area contributed by atoms with Gasteiger partial charge in [-0.2, -0.15) is 0 Å². The van der Waals surface area contributed by atoms with E-state index in [-0.39, 0.29) is 35.5 Å². The number of fused-ring (bicyclic) bond motifs is 1. The number of rotatable bonds is 10. The molecule has 0 fully saturated rings. The average molecular weight is 462 g/mol. The van der Waals surface area contributed by atoms with Crippen LogP contribution < -0.4 is 9.47 Å². The van der Waals surface area contributed by atoms with Gasteiger partial charge in [0.15, 0.2) is 11.5 Å². The molecule has 2 unspecified atom stereocenters. The SMILES string of the molecule is CCN(CC)CC.CCOC(=O)C(C(C[N+](=O)[O-])c1cc(Cl)c2c(c1)OCO2)[N+](=O)[O-]. The fraction of sp³-hybridized carbons (Fsp3) is 0.632. The van der Waals surface area contributed by atoms with Crippen LogP contribution in [0.15, 0.2) is 12.1 Å². The zero-order valence-corrected chi connectivity index (χ0v) is 18.8. The molecule has 31 heavy (non-hydrogen) atoms. The smallest absolute Gasteiger partial charge is 0.382 e. The number of benzene rings is 1. The maximum absolute atomic E-state index is 11.9. The van der Waals surface area contributed by atoms with Crippen molar-refractivity contribution >= 4 is 17.6 Å². The quantitative estimate of drug-likeness (QED) is 0.292. The second kappa shape index (κ2) is 12.9. The van der Waals surface area contributed by atoms with E-state index in [0.29, 0.717) is 0 Å². The summed E-state index contributed by atoms with van der Waals surface area (Å²) in [4.78, 5) is 34.9. The van der Waals surface area contributed by atoms with E-state index in [9.17, 15) is 25.0 Å². The predicted molar refractivity (Wildman–Crippen MR) is 113 cm³/mol. The fourth-order valence-electron chi connectivity index (χ4n) is 3.05. The molecule has 2 atom stereocenters. The third-order valence-corrected chi connectivity index (χ3v) is 4.98. The van der Waals surface area contributed by atoms with Gasteiger partial charge in [0.2, 0.25) is 13.3 Å². The monoisotopic (exact) mass is 461 g/mol. The number of carbonyl (C=O) groups excluding carboxylic acids is 1. The van der Waals surface area contributed by atoms with E-state index in [2.05, 4.69) is 30.4 Å². The molecule has 0 bridgehead atoms. The largest absolute Gasteiger partial charge is 0.461 e. The van der Waals surface area contributed by atoms with Crippen molar-refractivity contribution < 1.29 is 28.9 Å². The minimum absolute atomic E-state index is 0.0827. The summed E-state index contributed by atoms with van der Waals surface area (Å²) in [5.74, 6) is -2.07. The predicted octanol–water partition coefficient (Wildman–Crippen LogP) is 2.99. The van der Waals surface area contributed by atoms with Crippen LogP contribution in [0.2, 0.25) is 5.02 Å². The lowest BCUT2D eigenvalue weighted by molar-refractivity contribution is -0.537. The average Bonchev–Trinajstić information content (AvgIpc) is 3.18. The van der Waals surface area contributed by atoms with E-state index >= 15 is 0 Å². The Hall–Kier alpha value is -2.66. The summed E-state index contributed by atoms with van der Waals surface area (Å²) < 4.78 is 15.0. The minimum atomic E-state index is -1.94. The number of esters is 1. The third kappa shape index (κ3) is 7.51. The molecular weight excluding hydrogens is 434 g/mol. The molecule has 12 heteroatoms. The van der Waals surface area contributed by atoms with Crippen molar-refractivity contribution in [3.8, 4) is 11.5 Å². The normalized spacial score (nSPS) is 13.7. The Kier molecular flexibility index (Phi) is 11.0. The summed E-state index contributed by atoms with van der Waals surface area (Å²) in [5, 5.41) is 22.4. The highest BCUT2D eigenvalue weighted by Crippen LogP contribution is 2.42. The first-order valence-corrected chi connectivity index (χ1v) is 10.3. The molecule has 0 saturated carbocycles. The van der Waals surface area contributed by atoms with Gasteiger partial charge < -0.3 is 19.1 Å². The zero-order chi connectivity index (χ0) is 23.6. The summed E-state index contributed by atoms with van der Waals surface area (Å²) in [6.45, 7) is 10.6. The Morgan fingerprint density at radius 3 is 2.23 bits per heavy atom. The summed E-state index contributed by atoms with van der Waals surface area (Å²) in [6.07, 6.45) is 0. The summed E-state index contributed by atoms with van der Waals surface area (Å²) in [7, 11) is 0. The molecule has 0 aliphatic carbocycles. The van der Waals surface area contributed by atoms with Gasteiger partial charge in [0.05, 0.1) is 11.6 Å². The third-order valence-electron chi connectivity index (χ3n) is 4.70. The van der Waals surface area contributed by atoms with Crippen molar-refractivity contribution in [2.24, 2.45) is 0 Å². The number of carbonyl (C=O) groups is 1. The Balaban J connectivity index is 0.000000592. The van der Waals surface area contributed by atoms with Gasteiger partial charge in [-0.05, 0) is 44.3 Å². The molecule has 174 valence electrons. The first kappa shape index (κ1) is 26.4. The summed E-state index contributed by atoms with van der Waals surface area (Å²) in [5.41, 5.74) is 0.121. The number of halogens is 1. The van der Waals surface area contributed by atoms with Crippen LogP contribution in [0.1, 0.15) is 39.2 Å². The summed E-state index contributed by atoms with van der Waals surface area (Å²) >= 11 is 6.02. The first-order chi connectivity index (χ1) is 14.7. The lowest BCUT2D eigenvalue weighted by atomic mass is 9.91. The van der Waals surface area contributed by atoms with Gasteiger partial charge in [-0.25, -0.2) is 4.79 Å². The van der Waals surface area contributed by atoms with Crippen LogP contribution in [0.4, 0.5) is 0 Å². The Morgan fingerprint density at radius 1 is 1.16 bits per heavy atom. The number of hydrogen-bond donors (Lipinski definition) is 0. The molecule has 0 aromatic heterocycles. The van der Waals surface area contributed by atoms with Crippen LogP contribution in [0.25, 0.3) is 0 Å². The standard InChI is InChI=1S/C13H13ClN2O8.C6H15N/c1-2-22-13(17)11(16(20)21)8(5-15(18)19)7-3-9(14)12-10(4-7)23-6-24-12;1-4-7(5-2)6-3/h3-4,8,11H,2,5-6H2,1H3;4-6H2,1-3H3. The van der Waals surface area contributed by atoms with Crippen LogP contribution in [0.3, 0.4) is 0 Å². The lowest BCUT2D eigenvalue weighted by Gasteiger charge is -2.17. The van der Waals surface area contributed by atoms with Gasteiger partial charge in [0, 0.05) is 9.85 Å². The van der Waals surface area contributed by atoms with Gasteiger partial charge in [-0.3, -0.25) is 20.2 Å². The number of ether oxygens (including phenoxy) is 3. The van der Waals surface area contributed by atoms with Crippen LogP contribution in [0, 0.1) is 20.2 Å². The van der Waals surface area contributed by atoms with Gasteiger partial charge in [0.25, 0.3) is 0 Å². The highest BCUT2D eigenvalue weighted by atomic mass is 35.5. The molecule has 1 heterocycles. The Bertz CT molecular complexity index is 767. The molecular formula is C19H28ClN3O8. The van der Waals surface area contributed by atoms with E-state index in [4.69, 9.17) is 21.1 Å². The molecule has 0 radical (unpaired) electrons. The van der Waals surface area contributed by atoms with Crippen molar-refractivity contribution in [3.05, 3.63) is 42.9 Å². The van der Waals surface area contributed by atoms with E-state index in [0.717, 1.165) is 0 Å². The van der Waals surface area contributed by atoms with Gasteiger partial charge in [-0.15, -0.1) is 0 Å². The van der Waals surface area contributed by atoms with Gasteiger partial charge >= 0.3 is 12.0 Å². The molecule has 1 aromatic carbocycles. The van der Waals surface area contributed by atoms with Crippen molar-refractivity contribution in [1.82, 2.24) is 4.90 Å². The van der Waals surface area contributed by atoms with Gasteiger partial charge in [0.1, 0.15) is 5.92 Å². The summed E-state index contributed by atoms with van der Waals surface area (Å²) in [6, 6.07) is 0.698. The van der Waals surface area contributed by atoms with E-state index < -0.39 is 34.3 Å². The lowest BCUT2D eigenvalue weighted by Crippen LogP contribution is -2.40. The second-order valence-electron chi connectivity index (χ2n) is 6.46. The maximum atomic E-state index is 11.9. The minimum Gasteiger partial charge on any atom is -0.461 e. The first-order valence-electron chi connectivity index (χ1n) is 9.93. The van der Waals surface area contributed by atoms with E-state index in [1.165, 1.54) is 38.7 Å². The molecule has 2 rings (SSSR count). The highest BCUT2D eigenvalue weighted by molar-refractivity contribution is 6.32. The number of hydrogen-bond acceptors (Lipinski definition) is 9. The molecule has 0 N–H and O–H groups in total. The zero-order valence-electron chi connectivity index (χ0n) is 18.0. The van der Waals surface area contributed by atoms with E-state index in [1.807, 2.05) is 0 Å². The molecule has 1 aliphatic rings. The molecule has 0 spiro atoms. The van der Waals surface area contributed by atoms with Crippen molar-refractivity contribution in [1.29, 1.82) is 0 Å². The Labute approximate surface area is 185 Å². The topological polar surface area (TPSA) is 134 Å². The van der Waals surface area contributed by atoms with E-state index in [1.54, 1.807) is 0 Å². The molecule has 0 amide bonds. The number of nitro groups is 2. The molecule has 1 aromatic rings. The highest BCUT2D eigenvalue weighted by Gasteiger charge is 2.45. The second-order valence-corrected chi connectivity index (χ2v) is 6.87. The van der Waals surface area contributed by atoms with Crippen LogP contribution in [0.5, 0.6) is 11.5 Å². The van der Waals surface area contributed by atoms with Crippen LogP contribution in [-0.4, -0.2) is 66.3 Å². The Morgan fingerprint density at radius 2 is 1.77 bits per heavy atom. The molecule has 11 nitrogen and oxygen atoms in total. The number of nitrogens with zero attached hydrogens (tertiary/aromatic N) is 3. The fourth-order valence-corrected chi connectivity index (χ4v) is 3.32. The molecule has 0 saturated heterocycles. The van der Waals surface area contributed by atoms with Crippen molar-refractivity contribution in [2.75, 3.05) is 39.6 Å². The maximum Gasteiger partial charge on any atom is 0.382 e. The van der Waals surface area contributed by atoms with Crippen LogP contribution >= 0.6 is 11.6 Å². The van der Waals surface area contributed by atoms with Crippen LogP contribution in [-0.2, 0) is 9.53 Å². The van der Waals surface area contributed by atoms with Crippen molar-refractivity contribution in [2.45, 2.75) is 39.7 Å². The van der Waals surface area contributed by atoms with Gasteiger partial charge in [-0.1, -0.05) is 32.4 Å².